The molecule has 1 heterocycles. The van der Waals surface area contributed by atoms with E-state index in [0.29, 0.717) is 37.0 Å². The molecule has 2 unspecified atom stereocenters. The van der Waals surface area contributed by atoms with Gasteiger partial charge in [0.05, 0.1) is 4.90 Å². The Labute approximate surface area is 158 Å². The number of nitrogens with zero attached hydrogens (tertiary/aromatic N) is 2. The minimum Gasteiger partial charge on any atom is -0.341 e. The summed E-state index contributed by atoms with van der Waals surface area (Å²) in [5.74, 6) is 0.630. The monoisotopic (exact) mass is 380 g/mol. The molecule has 0 aliphatic carbocycles. The quantitative estimate of drug-likeness (QED) is 0.804. The number of benzene rings is 1. The van der Waals surface area contributed by atoms with Crippen molar-refractivity contribution in [2.75, 3.05) is 26.7 Å². The number of piperidine rings is 1. The maximum atomic E-state index is 12.9. The Kier molecular flexibility index (Phi) is 6.18. The smallest absolute Gasteiger partial charge is 0.253 e. The first kappa shape index (κ1) is 20.9. The van der Waals surface area contributed by atoms with Crippen molar-refractivity contribution >= 4 is 15.9 Å². The zero-order chi connectivity index (χ0) is 19.7. The van der Waals surface area contributed by atoms with Gasteiger partial charge in [0.25, 0.3) is 5.91 Å². The number of amides is 1. The second-order valence-corrected chi connectivity index (χ2v) is 11.0. The van der Waals surface area contributed by atoms with Crippen LogP contribution in [0.4, 0.5) is 0 Å². The van der Waals surface area contributed by atoms with Crippen molar-refractivity contribution in [2.45, 2.75) is 45.9 Å². The predicted octanol–water partition coefficient (Wildman–Crippen LogP) is 3.47. The Morgan fingerprint density at radius 3 is 2.08 bits per heavy atom. The van der Waals surface area contributed by atoms with Gasteiger partial charge in [-0.3, -0.25) is 4.79 Å². The molecule has 1 aliphatic rings. The largest absolute Gasteiger partial charge is 0.341 e. The van der Waals surface area contributed by atoms with Crippen LogP contribution in [0.5, 0.6) is 0 Å². The van der Waals surface area contributed by atoms with Crippen LogP contribution >= 0.6 is 0 Å². The standard InChI is InChI=1S/C20H32N2O3S/c1-15-11-16(2)13-22(12-15)26(24,25)18-9-7-17(8-10-18)19(23)21(6)14-20(3,4)5/h7-10,15-16H,11-14H2,1-6H3. The van der Waals surface area contributed by atoms with Crippen LogP contribution in [0.1, 0.15) is 51.4 Å². The van der Waals surface area contributed by atoms with Gasteiger partial charge in [0.1, 0.15) is 0 Å². The van der Waals surface area contributed by atoms with Crippen molar-refractivity contribution in [1.29, 1.82) is 0 Å². The molecule has 5 nitrogen and oxygen atoms in total. The number of sulfonamides is 1. The van der Waals surface area contributed by atoms with Crippen LogP contribution in [0.15, 0.2) is 29.2 Å². The first-order valence-corrected chi connectivity index (χ1v) is 10.7. The molecule has 0 N–H and O–H groups in total. The minimum atomic E-state index is -3.51. The zero-order valence-corrected chi connectivity index (χ0v) is 17.6. The fourth-order valence-electron chi connectivity index (χ4n) is 3.72. The van der Waals surface area contributed by atoms with Crippen molar-refractivity contribution in [1.82, 2.24) is 9.21 Å². The highest BCUT2D eigenvalue weighted by molar-refractivity contribution is 7.89. The molecular weight excluding hydrogens is 348 g/mol. The molecule has 1 amide bonds. The lowest BCUT2D eigenvalue weighted by atomic mass is 9.94. The number of carbonyl (C=O) groups excluding carboxylic acids is 1. The average molecular weight is 381 g/mol. The van der Waals surface area contributed by atoms with E-state index in [1.807, 2.05) is 0 Å². The fraction of sp³-hybridized carbons (Fsp3) is 0.650. The van der Waals surface area contributed by atoms with Gasteiger partial charge in [0.15, 0.2) is 0 Å². The molecule has 0 saturated carbocycles. The van der Waals surface area contributed by atoms with Gasteiger partial charge < -0.3 is 4.90 Å². The van der Waals surface area contributed by atoms with Gasteiger partial charge in [-0.05, 0) is 47.9 Å². The summed E-state index contributed by atoms with van der Waals surface area (Å²) in [5, 5.41) is 0. The van der Waals surface area contributed by atoms with Crippen molar-refractivity contribution in [3.05, 3.63) is 29.8 Å². The molecule has 1 aromatic carbocycles. The third-order valence-corrected chi connectivity index (χ3v) is 6.48. The number of rotatable bonds is 4. The molecule has 0 aromatic heterocycles. The molecule has 2 atom stereocenters. The second-order valence-electron chi connectivity index (χ2n) is 9.01. The zero-order valence-electron chi connectivity index (χ0n) is 16.8. The van der Waals surface area contributed by atoms with Crippen LogP contribution in [0.3, 0.4) is 0 Å². The molecular formula is C20H32N2O3S. The molecule has 26 heavy (non-hydrogen) atoms. The molecule has 1 aromatic rings. The molecule has 1 saturated heterocycles. The van der Waals surface area contributed by atoms with E-state index >= 15 is 0 Å². The third kappa shape index (κ3) is 5.07. The SMILES string of the molecule is CC1CC(C)CN(S(=O)(=O)c2ccc(C(=O)N(C)CC(C)(C)C)cc2)C1. The molecule has 0 radical (unpaired) electrons. The number of carbonyl (C=O) groups is 1. The Bertz CT molecular complexity index is 725. The van der Waals surface area contributed by atoms with Gasteiger partial charge in [0.2, 0.25) is 10.0 Å². The van der Waals surface area contributed by atoms with Crippen LogP contribution < -0.4 is 0 Å². The summed E-state index contributed by atoms with van der Waals surface area (Å²) in [6, 6.07) is 6.34. The minimum absolute atomic E-state index is 0.00926. The molecule has 1 aliphatic heterocycles. The van der Waals surface area contributed by atoms with E-state index in [1.54, 1.807) is 40.5 Å². The first-order valence-electron chi connectivity index (χ1n) is 9.26. The van der Waals surface area contributed by atoms with Crippen LogP contribution in [0, 0.1) is 17.3 Å². The molecule has 6 heteroatoms. The Balaban J connectivity index is 2.17. The van der Waals surface area contributed by atoms with Gasteiger partial charge in [-0.15, -0.1) is 0 Å². The molecule has 0 bridgehead atoms. The molecule has 2 rings (SSSR count). The van der Waals surface area contributed by atoms with Crippen LogP contribution in [0.25, 0.3) is 0 Å². The van der Waals surface area contributed by atoms with E-state index in [4.69, 9.17) is 0 Å². The number of hydrogen-bond donors (Lipinski definition) is 0. The summed E-state index contributed by atoms with van der Waals surface area (Å²) in [6.45, 7) is 12.2. The summed E-state index contributed by atoms with van der Waals surface area (Å²) in [5.41, 5.74) is 0.520. The summed E-state index contributed by atoms with van der Waals surface area (Å²) in [7, 11) is -1.74. The second kappa shape index (κ2) is 7.69. The maximum absolute atomic E-state index is 12.9. The van der Waals surface area contributed by atoms with E-state index in [9.17, 15) is 13.2 Å². The predicted molar refractivity (Wildman–Crippen MR) is 105 cm³/mol. The third-order valence-electron chi connectivity index (χ3n) is 4.63. The summed E-state index contributed by atoms with van der Waals surface area (Å²) >= 11 is 0. The maximum Gasteiger partial charge on any atom is 0.253 e. The highest BCUT2D eigenvalue weighted by Crippen LogP contribution is 2.27. The number of hydrogen-bond acceptors (Lipinski definition) is 3. The van der Waals surface area contributed by atoms with Crippen molar-refractivity contribution < 1.29 is 13.2 Å². The van der Waals surface area contributed by atoms with Crippen LogP contribution in [0.2, 0.25) is 0 Å². The highest BCUT2D eigenvalue weighted by atomic mass is 32.2. The van der Waals surface area contributed by atoms with E-state index in [2.05, 4.69) is 34.6 Å². The normalized spacial score (nSPS) is 22.2. The Morgan fingerprint density at radius 1 is 1.12 bits per heavy atom. The van der Waals surface area contributed by atoms with Gasteiger partial charge in [-0.25, -0.2) is 8.42 Å². The van der Waals surface area contributed by atoms with Gasteiger partial charge in [-0.2, -0.15) is 4.31 Å². The van der Waals surface area contributed by atoms with Gasteiger partial charge >= 0.3 is 0 Å². The van der Waals surface area contributed by atoms with E-state index < -0.39 is 10.0 Å². The molecule has 146 valence electrons. The fourth-order valence-corrected chi connectivity index (χ4v) is 5.40. The molecule has 0 spiro atoms. The summed E-state index contributed by atoms with van der Waals surface area (Å²) in [4.78, 5) is 14.5. The van der Waals surface area contributed by atoms with E-state index in [1.165, 1.54) is 0 Å². The van der Waals surface area contributed by atoms with Crippen LogP contribution in [-0.2, 0) is 10.0 Å². The molecule has 1 fully saturated rings. The highest BCUT2D eigenvalue weighted by Gasteiger charge is 2.31. The lowest BCUT2D eigenvalue weighted by molar-refractivity contribution is 0.0745. The van der Waals surface area contributed by atoms with E-state index in [0.717, 1.165) is 6.42 Å². The average Bonchev–Trinajstić information content (AvgIpc) is 2.51. The van der Waals surface area contributed by atoms with Crippen molar-refractivity contribution in [2.24, 2.45) is 17.3 Å². The van der Waals surface area contributed by atoms with Crippen molar-refractivity contribution in [3.8, 4) is 0 Å². The first-order chi connectivity index (χ1) is 11.9. The van der Waals surface area contributed by atoms with E-state index in [-0.39, 0.29) is 16.2 Å². The van der Waals surface area contributed by atoms with Gasteiger partial charge in [-0.1, -0.05) is 34.6 Å². The lowest BCUT2D eigenvalue weighted by Crippen LogP contribution is -2.42. The van der Waals surface area contributed by atoms with Crippen LogP contribution in [-0.4, -0.2) is 50.2 Å². The Hall–Kier alpha value is -1.40. The summed E-state index contributed by atoms with van der Waals surface area (Å²) in [6.07, 6.45) is 1.06. The topological polar surface area (TPSA) is 57.7 Å². The van der Waals surface area contributed by atoms with Crippen molar-refractivity contribution in [3.63, 3.8) is 0 Å². The lowest BCUT2D eigenvalue weighted by Gasteiger charge is -2.34. The Morgan fingerprint density at radius 2 is 1.62 bits per heavy atom. The summed E-state index contributed by atoms with van der Waals surface area (Å²) < 4.78 is 27.4. The van der Waals surface area contributed by atoms with Gasteiger partial charge in [0, 0.05) is 32.2 Å².